The van der Waals surface area contributed by atoms with E-state index in [4.69, 9.17) is 0 Å². The van der Waals surface area contributed by atoms with Crippen molar-refractivity contribution >= 4 is 11.4 Å². The Labute approximate surface area is 109 Å². The van der Waals surface area contributed by atoms with Gasteiger partial charge in [0.1, 0.15) is 0 Å². The zero-order valence-electron chi connectivity index (χ0n) is 11.0. The summed E-state index contributed by atoms with van der Waals surface area (Å²) >= 11 is 0. The Balaban J connectivity index is 3.64. The lowest BCUT2D eigenvalue weighted by molar-refractivity contribution is -0.637. The normalized spacial score (nSPS) is 11.2. The molecule has 0 atom stereocenters. The number of rotatable bonds is 5. The number of benzene rings is 1. The van der Waals surface area contributed by atoms with Crippen LogP contribution in [0.2, 0.25) is 0 Å². The van der Waals surface area contributed by atoms with E-state index in [2.05, 4.69) is 10.7 Å². The molecule has 0 aliphatic heterocycles. The van der Waals surface area contributed by atoms with Crippen molar-refractivity contribution in [1.29, 1.82) is 0 Å². The molecule has 0 unspecified atom stereocenters. The molecule has 1 aromatic rings. The molecule has 19 heavy (non-hydrogen) atoms. The minimum absolute atomic E-state index is 0.408. The quantitative estimate of drug-likeness (QED) is 0.644. The lowest BCUT2D eigenvalue weighted by atomic mass is 9.82. The van der Waals surface area contributed by atoms with E-state index in [0.29, 0.717) is 12.0 Å². The molecule has 3 N–H and O–H groups in total. The predicted molar refractivity (Wildman–Crippen MR) is 66.6 cm³/mol. The summed E-state index contributed by atoms with van der Waals surface area (Å²) in [6.07, 6.45) is 0.686. The third kappa shape index (κ3) is 2.79. The van der Waals surface area contributed by atoms with Crippen molar-refractivity contribution in [1.82, 2.24) is 0 Å². The average molecular weight is 270 g/mol. The summed E-state index contributed by atoms with van der Waals surface area (Å²) in [6, 6.07) is 2.61. The number of hydrogen-bond acceptors (Lipinski definition) is 5. The SMILES string of the molecule is CCC(C)(C)c1cc([N+](=O)[O-])c(O[NH3+])c([N+](=O)[O-])c1. The molecule has 0 aliphatic carbocycles. The van der Waals surface area contributed by atoms with Gasteiger partial charge in [-0.1, -0.05) is 20.8 Å². The molecule has 0 spiro atoms. The van der Waals surface area contributed by atoms with Crippen molar-refractivity contribution in [2.45, 2.75) is 32.6 Å². The molecular formula is C11H16N3O5+. The Morgan fingerprint density at radius 3 is 1.89 bits per heavy atom. The zero-order valence-corrected chi connectivity index (χ0v) is 11.0. The second-order valence-electron chi connectivity index (χ2n) is 4.74. The fourth-order valence-electron chi connectivity index (χ4n) is 1.61. The maximum atomic E-state index is 11.0. The van der Waals surface area contributed by atoms with Crippen LogP contribution >= 0.6 is 0 Å². The van der Waals surface area contributed by atoms with Gasteiger partial charge in [0.2, 0.25) is 0 Å². The largest absolute Gasteiger partial charge is 0.343 e. The summed E-state index contributed by atoms with van der Waals surface area (Å²) in [5, 5.41) is 22.0. The van der Waals surface area contributed by atoms with Gasteiger partial charge in [-0.05, 0) is 17.4 Å². The lowest BCUT2D eigenvalue weighted by Crippen LogP contribution is -2.54. The van der Waals surface area contributed by atoms with E-state index in [1.165, 1.54) is 12.1 Å². The second kappa shape index (κ2) is 5.19. The van der Waals surface area contributed by atoms with E-state index < -0.39 is 32.4 Å². The monoisotopic (exact) mass is 270 g/mol. The summed E-state index contributed by atoms with van der Waals surface area (Å²) in [6.45, 7) is 5.63. The molecule has 8 heteroatoms. The molecule has 0 aromatic heterocycles. The first-order valence-electron chi connectivity index (χ1n) is 5.64. The van der Waals surface area contributed by atoms with Crippen molar-refractivity contribution in [3.8, 4) is 5.75 Å². The van der Waals surface area contributed by atoms with Crippen molar-refractivity contribution < 1.29 is 20.6 Å². The highest BCUT2D eigenvalue weighted by atomic mass is 16.7. The van der Waals surface area contributed by atoms with Crippen LogP contribution in [0.4, 0.5) is 11.4 Å². The van der Waals surface area contributed by atoms with Gasteiger partial charge in [0.25, 0.3) is 0 Å². The number of nitrogens with zero attached hydrogens (tertiary/aromatic N) is 2. The molecule has 0 aliphatic rings. The van der Waals surface area contributed by atoms with Gasteiger partial charge in [-0.3, -0.25) is 20.2 Å². The Hall–Kier alpha value is -2.22. The minimum atomic E-state index is -0.706. The molecule has 0 saturated carbocycles. The van der Waals surface area contributed by atoms with Gasteiger partial charge in [0, 0.05) is 12.1 Å². The number of quaternary nitrogens is 1. The van der Waals surface area contributed by atoms with Crippen LogP contribution in [0.1, 0.15) is 32.8 Å². The molecular weight excluding hydrogens is 254 g/mol. The highest BCUT2D eigenvalue weighted by Crippen LogP contribution is 2.41. The third-order valence-corrected chi connectivity index (χ3v) is 3.25. The number of nitro groups is 2. The topological polar surface area (TPSA) is 123 Å². The van der Waals surface area contributed by atoms with Crippen LogP contribution in [-0.4, -0.2) is 9.85 Å². The second-order valence-corrected chi connectivity index (χ2v) is 4.74. The van der Waals surface area contributed by atoms with Crippen LogP contribution < -0.4 is 10.7 Å². The molecule has 1 rings (SSSR count). The van der Waals surface area contributed by atoms with Crippen molar-refractivity contribution in [3.63, 3.8) is 0 Å². The van der Waals surface area contributed by atoms with Crippen LogP contribution in [-0.2, 0) is 5.41 Å². The van der Waals surface area contributed by atoms with Crippen LogP contribution in [0.25, 0.3) is 0 Å². The summed E-state index contributed by atoms with van der Waals surface area (Å²) in [5.41, 5.74) is -0.773. The lowest BCUT2D eigenvalue weighted by Gasteiger charge is -2.22. The molecule has 8 nitrogen and oxygen atoms in total. The summed E-state index contributed by atoms with van der Waals surface area (Å²) < 4.78 is 0. The van der Waals surface area contributed by atoms with Crippen molar-refractivity contribution in [2.75, 3.05) is 0 Å². The highest BCUT2D eigenvalue weighted by molar-refractivity contribution is 5.62. The molecule has 0 heterocycles. The Kier molecular flexibility index (Phi) is 4.05. The van der Waals surface area contributed by atoms with Gasteiger partial charge in [-0.25, -0.2) is 0 Å². The molecule has 0 bridgehead atoms. The van der Waals surface area contributed by atoms with E-state index >= 15 is 0 Å². The van der Waals surface area contributed by atoms with Crippen LogP contribution in [0, 0.1) is 20.2 Å². The summed E-state index contributed by atoms with van der Waals surface area (Å²) in [4.78, 5) is 25.2. The molecule has 1 aromatic carbocycles. The average Bonchev–Trinajstić information content (AvgIpc) is 2.36. The molecule has 0 fully saturated rings. The Morgan fingerprint density at radius 1 is 1.21 bits per heavy atom. The maximum absolute atomic E-state index is 11.0. The van der Waals surface area contributed by atoms with Crippen molar-refractivity contribution in [2.24, 2.45) is 0 Å². The van der Waals surface area contributed by atoms with E-state index in [9.17, 15) is 20.2 Å². The number of hydrogen-bond donors (Lipinski definition) is 1. The molecule has 0 radical (unpaired) electrons. The Morgan fingerprint density at radius 2 is 1.63 bits per heavy atom. The first-order valence-corrected chi connectivity index (χ1v) is 5.64. The van der Waals surface area contributed by atoms with Gasteiger partial charge < -0.3 is 4.84 Å². The van der Waals surface area contributed by atoms with Gasteiger partial charge in [0.05, 0.1) is 9.85 Å². The van der Waals surface area contributed by atoms with Crippen LogP contribution in [0.15, 0.2) is 12.1 Å². The zero-order chi connectivity index (χ0) is 14.8. The summed E-state index contributed by atoms with van der Waals surface area (Å²) in [5.74, 6) is 2.62. The molecule has 0 amide bonds. The minimum Gasteiger partial charge on any atom is -0.306 e. The highest BCUT2D eigenvalue weighted by Gasteiger charge is 2.33. The van der Waals surface area contributed by atoms with E-state index in [0.717, 1.165) is 0 Å². The van der Waals surface area contributed by atoms with E-state index in [-0.39, 0.29) is 0 Å². The van der Waals surface area contributed by atoms with Gasteiger partial charge >= 0.3 is 17.1 Å². The fourth-order valence-corrected chi connectivity index (χ4v) is 1.61. The van der Waals surface area contributed by atoms with Crippen LogP contribution in [0.3, 0.4) is 0 Å². The van der Waals surface area contributed by atoms with Gasteiger partial charge in [0.15, 0.2) is 0 Å². The first-order chi connectivity index (χ1) is 8.74. The van der Waals surface area contributed by atoms with Crippen molar-refractivity contribution in [3.05, 3.63) is 37.9 Å². The van der Waals surface area contributed by atoms with E-state index in [1.54, 1.807) is 0 Å². The first kappa shape index (κ1) is 14.8. The van der Waals surface area contributed by atoms with E-state index in [1.807, 2.05) is 20.8 Å². The fraction of sp³-hybridized carbons (Fsp3) is 0.455. The maximum Gasteiger partial charge on any atom is 0.343 e. The van der Waals surface area contributed by atoms with Crippen LogP contribution in [0.5, 0.6) is 5.75 Å². The Bertz CT molecular complexity index is 492. The summed E-state index contributed by atoms with van der Waals surface area (Å²) in [7, 11) is 0. The molecule has 0 saturated heterocycles. The van der Waals surface area contributed by atoms with Gasteiger partial charge in [-0.15, -0.1) is 0 Å². The smallest absolute Gasteiger partial charge is 0.306 e. The third-order valence-electron chi connectivity index (χ3n) is 3.25. The number of nitro benzene ring substituents is 2. The van der Waals surface area contributed by atoms with Gasteiger partial charge in [-0.2, -0.15) is 5.90 Å². The predicted octanol–water partition coefficient (Wildman–Crippen LogP) is 1.73. The molecule has 104 valence electrons. The standard InChI is InChI=1S/C11H16N3O5/c1-4-11(2,3)7-5-8(13(15)16)10(19-12)9(6-7)14(17)18/h5-6H,4H2,1-3,12H3/q+1.